The number of ether oxygens (including phenoxy) is 2. The number of nitrogens with zero attached hydrogens (tertiary/aromatic N) is 3. The van der Waals surface area contributed by atoms with Gasteiger partial charge in [0, 0.05) is 12.3 Å². The molecule has 0 amide bonds. The van der Waals surface area contributed by atoms with Crippen LogP contribution in [0.15, 0.2) is 30.5 Å². The molecule has 2 N–H and O–H groups in total. The van der Waals surface area contributed by atoms with Gasteiger partial charge >= 0.3 is 0 Å². The normalized spacial score (nSPS) is 13.1. The van der Waals surface area contributed by atoms with Crippen molar-refractivity contribution in [2.75, 3.05) is 12.5 Å². The molecule has 0 bridgehead atoms. The van der Waals surface area contributed by atoms with Gasteiger partial charge in [-0.1, -0.05) is 0 Å². The van der Waals surface area contributed by atoms with Gasteiger partial charge in [-0.25, -0.2) is 9.97 Å². The summed E-state index contributed by atoms with van der Waals surface area (Å²) in [5.41, 5.74) is 9.48. The Labute approximate surface area is 114 Å². The molecular formula is C14H12N4O2. The first-order chi connectivity index (χ1) is 9.74. The highest BCUT2D eigenvalue weighted by molar-refractivity contribution is 5.80. The van der Waals surface area contributed by atoms with Crippen LogP contribution >= 0.6 is 0 Å². The molecule has 20 heavy (non-hydrogen) atoms. The highest BCUT2D eigenvalue weighted by atomic mass is 16.7. The third kappa shape index (κ3) is 1.45. The summed E-state index contributed by atoms with van der Waals surface area (Å²) in [5, 5.41) is 0. The van der Waals surface area contributed by atoms with Crippen molar-refractivity contribution in [1.29, 1.82) is 0 Å². The second-order valence-electron chi connectivity index (χ2n) is 4.64. The van der Waals surface area contributed by atoms with Gasteiger partial charge in [0.1, 0.15) is 5.52 Å². The minimum atomic E-state index is 0.246. The number of nitrogen functional groups attached to an aromatic ring is 1. The number of aryl methyl sites for hydroxylation is 1. The van der Waals surface area contributed by atoms with Crippen molar-refractivity contribution >= 4 is 17.1 Å². The number of rotatable bonds is 1. The third-order valence-electron chi connectivity index (χ3n) is 3.39. The number of benzene rings is 1. The molecule has 3 aromatic rings. The molecule has 0 saturated heterocycles. The number of hydrogen-bond donors (Lipinski definition) is 1. The summed E-state index contributed by atoms with van der Waals surface area (Å²) in [5.74, 6) is 1.85. The minimum absolute atomic E-state index is 0.246. The maximum Gasteiger partial charge on any atom is 0.231 e. The molecule has 1 aliphatic rings. The predicted molar refractivity (Wildman–Crippen MR) is 74.1 cm³/mol. The van der Waals surface area contributed by atoms with Crippen LogP contribution in [0, 0.1) is 6.92 Å². The standard InChI is InChI=1S/C14H12N4O2/c1-8-4-5-16-13-12(8)17-14(15)18(13)9-2-3-10-11(6-9)20-7-19-10/h2-6H,7H2,1H3,(H2,15,17). The summed E-state index contributed by atoms with van der Waals surface area (Å²) < 4.78 is 12.5. The van der Waals surface area contributed by atoms with Crippen LogP contribution < -0.4 is 15.2 Å². The van der Waals surface area contributed by atoms with E-state index in [2.05, 4.69) is 9.97 Å². The zero-order valence-electron chi connectivity index (χ0n) is 10.8. The maximum atomic E-state index is 6.04. The van der Waals surface area contributed by atoms with E-state index in [1.165, 1.54) is 0 Å². The van der Waals surface area contributed by atoms with Crippen molar-refractivity contribution in [1.82, 2.24) is 14.5 Å². The molecule has 100 valence electrons. The van der Waals surface area contributed by atoms with E-state index >= 15 is 0 Å². The highest BCUT2D eigenvalue weighted by Crippen LogP contribution is 2.35. The topological polar surface area (TPSA) is 75.2 Å². The fourth-order valence-electron chi connectivity index (χ4n) is 2.39. The van der Waals surface area contributed by atoms with E-state index in [4.69, 9.17) is 15.2 Å². The van der Waals surface area contributed by atoms with Gasteiger partial charge in [-0.2, -0.15) is 0 Å². The quantitative estimate of drug-likeness (QED) is 0.731. The lowest BCUT2D eigenvalue weighted by Crippen LogP contribution is -2.01. The Kier molecular flexibility index (Phi) is 2.14. The Balaban J connectivity index is 1.98. The number of pyridine rings is 1. The number of anilines is 1. The Hall–Kier alpha value is -2.76. The van der Waals surface area contributed by atoms with Crippen molar-refractivity contribution in [3.05, 3.63) is 36.0 Å². The Morgan fingerprint density at radius 1 is 1.20 bits per heavy atom. The molecule has 6 nitrogen and oxygen atoms in total. The lowest BCUT2D eigenvalue weighted by atomic mass is 10.2. The largest absolute Gasteiger partial charge is 0.454 e. The lowest BCUT2D eigenvalue weighted by molar-refractivity contribution is 0.174. The van der Waals surface area contributed by atoms with Crippen LogP contribution in [-0.2, 0) is 0 Å². The smallest absolute Gasteiger partial charge is 0.231 e. The summed E-state index contributed by atoms with van der Waals surface area (Å²) in [6.07, 6.45) is 1.75. The van der Waals surface area contributed by atoms with E-state index < -0.39 is 0 Å². The molecule has 0 atom stereocenters. The number of hydrogen-bond acceptors (Lipinski definition) is 5. The van der Waals surface area contributed by atoms with Gasteiger partial charge in [0.05, 0.1) is 5.69 Å². The average Bonchev–Trinajstić information content (AvgIpc) is 3.02. The van der Waals surface area contributed by atoms with E-state index in [9.17, 15) is 0 Å². The first-order valence-electron chi connectivity index (χ1n) is 6.23. The molecule has 4 rings (SSSR count). The Morgan fingerprint density at radius 3 is 2.95 bits per heavy atom. The first-order valence-corrected chi connectivity index (χ1v) is 6.23. The van der Waals surface area contributed by atoms with Gasteiger partial charge in [0.2, 0.25) is 12.7 Å². The molecule has 0 aliphatic carbocycles. The predicted octanol–water partition coefficient (Wildman–Crippen LogP) is 2.04. The van der Waals surface area contributed by atoms with Crippen LogP contribution in [0.5, 0.6) is 11.5 Å². The van der Waals surface area contributed by atoms with E-state index in [-0.39, 0.29) is 6.79 Å². The summed E-state index contributed by atoms with van der Waals surface area (Å²) in [4.78, 5) is 8.77. The van der Waals surface area contributed by atoms with Crippen molar-refractivity contribution in [2.45, 2.75) is 6.92 Å². The summed E-state index contributed by atoms with van der Waals surface area (Å²) in [6.45, 7) is 2.23. The molecule has 0 radical (unpaired) electrons. The number of nitrogens with two attached hydrogens (primary N) is 1. The van der Waals surface area contributed by atoms with Crippen molar-refractivity contribution in [3.63, 3.8) is 0 Å². The van der Waals surface area contributed by atoms with Crippen LogP contribution in [-0.4, -0.2) is 21.3 Å². The molecule has 1 aromatic carbocycles. The van der Waals surface area contributed by atoms with Gasteiger partial charge in [-0.15, -0.1) is 0 Å². The van der Waals surface area contributed by atoms with Gasteiger partial charge in [0.15, 0.2) is 17.1 Å². The van der Waals surface area contributed by atoms with Gasteiger partial charge < -0.3 is 15.2 Å². The van der Waals surface area contributed by atoms with Crippen LogP contribution in [0.1, 0.15) is 5.56 Å². The zero-order chi connectivity index (χ0) is 13.7. The van der Waals surface area contributed by atoms with Gasteiger partial charge in [-0.3, -0.25) is 4.57 Å². The fourth-order valence-corrected chi connectivity index (χ4v) is 2.39. The fraction of sp³-hybridized carbons (Fsp3) is 0.143. The minimum Gasteiger partial charge on any atom is -0.454 e. The molecule has 0 fully saturated rings. The number of imidazole rings is 1. The van der Waals surface area contributed by atoms with Crippen molar-refractivity contribution < 1.29 is 9.47 Å². The van der Waals surface area contributed by atoms with Crippen LogP contribution in [0.3, 0.4) is 0 Å². The molecule has 0 unspecified atom stereocenters. The summed E-state index contributed by atoms with van der Waals surface area (Å²) in [6, 6.07) is 7.57. The third-order valence-corrected chi connectivity index (χ3v) is 3.39. The summed E-state index contributed by atoms with van der Waals surface area (Å²) in [7, 11) is 0. The highest BCUT2D eigenvalue weighted by Gasteiger charge is 2.17. The number of fused-ring (bicyclic) bond motifs is 2. The van der Waals surface area contributed by atoms with Crippen molar-refractivity contribution in [2.24, 2.45) is 0 Å². The van der Waals surface area contributed by atoms with E-state index in [0.717, 1.165) is 28.2 Å². The monoisotopic (exact) mass is 268 g/mol. The molecule has 6 heteroatoms. The zero-order valence-corrected chi connectivity index (χ0v) is 10.8. The molecule has 0 spiro atoms. The van der Waals surface area contributed by atoms with Gasteiger partial charge in [-0.05, 0) is 30.7 Å². The number of aromatic nitrogens is 3. The lowest BCUT2D eigenvalue weighted by Gasteiger charge is -2.06. The molecule has 1 aliphatic heterocycles. The molecule has 2 aromatic heterocycles. The van der Waals surface area contributed by atoms with Crippen molar-refractivity contribution in [3.8, 4) is 17.2 Å². The average molecular weight is 268 g/mol. The second-order valence-corrected chi connectivity index (χ2v) is 4.64. The van der Waals surface area contributed by atoms with E-state index in [1.54, 1.807) is 6.20 Å². The molecule has 3 heterocycles. The summed E-state index contributed by atoms with van der Waals surface area (Å²) >= 11 is 0. The van der Waals surface area contributed by atoms with Gasteiger partial charge in [0.25, 0.3) is 0 Å². The SMILES string of the molecule is Cc1ccnc2c1nc(N)n2-c1ccc2c(c1)OCO2. The van der Waals surface area contributed by atoms with Crippen LogP contribution in [0.4, 0.5) is 5.95 Å². The molecular weight excluding hydrogens is 256 g/mol. The van der Waals surface area contributed by atoms with E-state index in [0.29, 0.717) is 11.7 Å². The van der Waals surface area contributed by atoms with Crippen LogP contribution in [0.25, 0.3) is 16.9 Å². The second kappa shape index (κ2) is 3.86. The maximum absolute atomic E-state index is 6.04. The van der Waals surface area contributed by atoms with Crippen LogP contribution in [0.2, 0.25) is 0 Å². The first kappa shape index (κ1) is 11.1. The molecule has 0 saturated carbocycles. The Bertz CT molecular complexity index is 825. The Morgan fingerprint density at radius 2 is 2.05 bits per heavy atom. The van der Waals surface area contributed by atoms with E-state index in [1.807, 2.05) is 35.8 Å².